The average molecular weight is 357 g/mol. The van der Waals surface area contributed by atoms with Gasteiger partial charge in [-0.2, -0.15) is 0 Å². The van der Waals surface area contributed by atoms with Gasteiger partial charge in [0.2, 0.25) is 5.88 Å². The van der Waals surface area contributed by atoms with Crippen molar-refractivity contribution in [3.05, 3.63) is 22.8 Å². The Kier molecular flexibility index (Phi) is 4.76. The third kappa shape index (κ3) is 4.59. The number of aromatic nitrogens is 1. The van der Waals surface area contributed by atoms with Crippen molar-refractivity contribution in [1.82, 2.24) is 9.88 Å². The summed E-state index contributed by atoms with van der Waals surface area (Å²) < 4.78 is 12.0. The van der Waals surface area contributed by atoms with Crippen LogP contribution in [0.2, 0.25) is 0 Å². The third-order valence-electron chi connectivity index (χ3n) is 3.29. The van der Waals surface area contributed by atoms with Gasteiger partial charge in [0, 0.05) is 42.7 Å². The Balaban J connectivity index is 1.78. The summed E-state index contributed by atoms with van der Waals surface area (Å²) in [4.78, 5) is 17.8. The largest absolute Gasteiger partial charge is 0.474 e. The highest BCUT2D eigenvalue weighted by Crippen LogP contribution is 2.29. The van der Waals surface area contributed by atoms with Crippen molar-refractivity contribution < 1.29 is 14.3 Å². The second-order valence-corrected chi connectivity index (χ2v) is 7.19. The van der Waals surface area contributed by atoms with E-state index < -0.39 is 5.60 Å². The quantitative estimate of drug-likeness (QED) is 0.829. The van der Waals surface area contributed by atoms with Crippen LogP contribution in [0.3, 0.4) is 0 Å². The van der Waals surface area contributed by atoms with E-state index in [0.717, 1.165) is 17.3 Å². The van der Waals surface area contributed by atoms with Crippen LogP contribution in [0.1, 0.15) is 33.6 Å². The lowest BCUT2D eigenvalue weighted by atomic mass is 9.88. The molecule has 1 aromatic rings. The molecule has 21 heavy (non-hydrogen) atoms. The van der Waals surface area contributed by atoms with Crippen LogP contribution in [0, 0.1) is 0 Å². The minimum Gasteiger partial charge on any atom is -0.474 e. The maximum atomic E-state index is 11.9. The molecule has 0 saturated heterocycles. The molecule has 1 heterocycles. The molecule has 2 rings (SSSR count). The zero-order chi connectivity index (χ0) is 15.6. The molecule has 5 nitrogen and oxygen atoms in total. The molecule has 0 N–H and O–H groups in total. The number of amides is 1. The second-order valence-electron chi connectivity index (χ2n) is 6.27. The Hall–Kier alpha value is -1.30. The summed E-state index contributed by atoms with van der Waals surface area (Å²) in [5.41, 5.74) is -0.466. The van der Waals surface area contributed by atoms with E-state index in [1.807, 2.05) is 32.9 Å². The van der Waals surface area contributed by atoms with E-state index in [9.17, 15) is 4.79 Å². The fourth-order valence-electron chi connectivity index (χ4n) is 2.04. The SMILES string of the molecule is CN(C(=O)OC(C)(C)C)C1CC(Oc2ccc(Br)cn2)C1. The predicted octanol–water partition coefficient (Wildman–Crippen LogP) is 3.62. The van der Waals surface area contributed by atoms with Gasteiger partial charge in [-0.3, -0.25) is 0 Å². The Morgan fingerprint density at radius 3 is 2.57 bits per heavy atom. The van der Waals surface area contributed by atoms with Gasteiger partial charge in [0.1, 0.15) is 11.7 Å². The number of carbonyl (C=O) groups is 1. The number of nitrogens with zero attached hydrogens (tertiary/aromatic N) is 2. The van der Waals surface area contributed by atoms with Crippen molar-refractivity contribution in [2.24, 2.45) is 0 Å². The van der Waals surface area contributed by atoms with Crippen LogP contribution in [-0.2, 0) is 4.74 Å². The van der Waals surface area contributed by atoms with Crippen LogP contribution in [-0.4, -0.2) is 40.8 Å². The van der Waals surface area contributed by atoms with Crippen LogP contribution in [0.5, 0.6) is 5.88 Å². The van der Waals surface area contributed by atoms with E-state index in [1.54, 1.807) is 18.1 Å². The molecule has 6 heteroatoms. The molecule has 1 saturated carbocycles. The highest BCUT2D eigenvalue weighted by molar-refractivity contribution is 9.10. The molecule has 0 unspecified atom stereocenters. The van der Waals surface area contributed by atoms with Gasteiger partial charge in [-0.25, -0.2) is 9.78 Å². The first-order valence-corrected chi connectivity index (χ1v) is 7.78. The molecule has 1 aliphatic rings. The zero-order valence-corrected chi connectivity index (χ0v) is 14.4. The van der Waals surface area contributed by atoms with Gasteiger partial charge in [0.15, 0.2) is 0 Å². The van der Waals surface area contributed by atoms with E-state index in [1.165, 1.54) is 0 Å². The van der Waals surface area contributed by atoms with Crippen molar-refractivity contribution in [1.29, 1.82) is 0 Å². The lowest BCUT2D eigenvalue weighted by Gasteiger charge is -2.40. The maximum Gasteiger partial charge on any atom is 0.410 e. The first-order valence-electron chi connectivity index (χ1n) is 6.98. The standard InChI is InChI=1S/C15H21BrN2O3/c1-15(2,3)21-14(19)18(4)11-7-12(8-11)20-13-6-5-10(16)9-17-13/h5-6,9,11-12H,7-8H2,1-4H3. The number of ether oxygens (including phenoxy) is 2. The number of carbonyl (C=O) groups excluding carboxylic acids is 1. The van der Waals surface area contributed by atoms with E-state index in [0.29, 0.717) is 5.88 Å². The molecule has 0 spiro atoms. The van der Waals surface area contributed by atoms with Gasteiger partial charge < -0.3 is 14.4 Å². The highest BCUT2D eigenvalue weighted by atomic mass is 79.9. The molecule has 1 aromatic heterocycles. The third-order valence-corrected chi connectivity index (χ3v) is 3.76. The molecule has 0 bridgehead atoms. The smallest absolute Gasteiger partial charge is 0.410 e. The van der Waals surface area contributed by atoms with E-state index in [4.69, 9.17) is 9.47 Å². The lowest BCUT2D eigenvalue weighted by Crippen LogP contribution is -2.51. The predicted molar refractivity (Wildman–Crippen MR) is 83.4 cm³/mol. The van der Waals surface area contributed by atoms with Crippen molar-refractivity contribution in [2.75, 3.05) is 7.05 Å². The van der Waals surface area contributed by atoms with Crippen LogP contribution >= 0.6 is 15.9 Å². The number of rotatable bonds is 3. The van der Waals surface area contributed by atoms with Gasteiger partial charge in [-0.05, 0) is 42.8 Å². The molecule has 0 aromatic carbocycles. The topological polar surface area (TPSA) is 51.7 Å². The molecule has 0 aliphatic heterocycles. The average Bonchev–Trinajstić information content (AvgIpc) is 2.32. The van der Waals surface area contributed by atoms with Crippen molar-refractivity contribution in [3.63, 3.8) is 0 Å². The summed E-state index contributed by atoms with van der Waals surface area (Å²) in [5.74, 6) is 0.613. The normalized spacial score (nSPS) is 21.4. The number of hydrogen-bond donors (Lipinski definition) is 0. The maximum absolute atomic E-state index is 11.9. The second kappa shape index (κ2) is 6.22. The highest BCUT2D eigenvalue weighted by Gasteiger charge is 2.37. The van der Waals surface area contributed by atoms with Crippen molar-refractivity contribution in [3.8, 4) is 5.88 Å². The van der Waals surface area contributed by atoms with E-state index in [-0.39, 0.29) is 18.2 Å². The minimum atomic E-state index is -0.466. The monoisotopic (exact) mass is 356 g/mol. The summed E-state index contributed by atoms with van der Waals surface area (Å²) in [6, 6.07) is 3.89. The number of hydrogen-bond acceptors (Lipinski definition) is 4. The van der Waals surface area contributed by atoms with Crippen molar-refractivity contribution >= 4 is 22.0 Å². The molecular formula is C15H21BrN2O3. The number of pyridine rings is 1. The van der Waals surface area contributed by atoms with Gasteiger partial charge in [-0.1, -0.05) is 0 Å². The van der Waals surface area contributed by atoms with Crippen LogP contribution < -0.4 is 4.74 Å². The first-order chi connectivity index (χ1) is 9.74. The molecule has 1 aliphatic carbocycles. The fraction of sp³-hybridized carbons (Fsp3) is 0.600. The Morgan fingerprint density at radius 2 is 2.05 bits per heavy atom. The minimum absolute atomic E-state index is 0.105. The molecule has 1 fully saturated rings. The summed E-state index contributed by atoms with van der Waals surface area (Å²) in [6.45, 7) is 5.60. The summed E-state index contributed by atoms with van der Waals surface area (Å²) in [6.07, 6.45) is 3.13. The molecule has 116 valence electrons. The van der Waals surface area contributed by atoms with Crippen LogP contribution in [0.4, 0.5) is 4.79 Å². The molecule has 1 amide bonds. The van der Waals surface area contributed by atoms with Gasteiger partial charge >= 0.3 is 6.09 Å². The molecular weight excluding hydrogens is 336 g/mol. The van der Waals surface area contributed by atoms with Gasteiger partial charge in [0.25, 0.3) is 0 Å². The van der Waals surface area contributed by atoms with Crippen LogP contribution in [0.25, 0.3) is 0 Å². The number of halogens is 1. The van der Waals surface area contributed by atoms with Crippen LogP contribution in [0.15, 0.2) is 22.8 Å². The summed E-state index contributed by atoms with van der Waals surface area (Å²) in [7, 11) is 1.77. The zero-order valence-electron chi connectivity index (χ0n) is 12.8. The molecule has 0 radical (unpaired) electrons. The van der Waals surface area contributed by atoms with Crippen molar-refractivity contribution in [2.45, 2.75) is 51.4 Å². The van der Waals surface area contributed by atoms with E-state index >= 15 is 0 Å². The lowest BCUT2D eigenvalue weighted by molar-refractivity contribution is -0.00964. The summed E-state index contributed by atoms with van der Waals surface area (Å²) in [5, 5.41) is 0. The fourth-order valence-corrected chi connectivity index (χ4v) is 2.27. The van der Waals surface area contributed by atoms with E-state index in [2.05, 4.69) is 20.9 Å². The molecule has 0 atom stereocenters. The first kappa shape index (κ1) is 16.1. The van der Waals surface area contributed by atoms with Gasteiger partial charge in [0.05, 0.1) is 0 Å². The van der Waals surface area contributed by atoms with Gasteiger partial charge in [-0.15, -0.1) is 0 Å². The summed E-state index contributed by atoms with van der Waals surface area (Å²) >= 11 is 3.33. The Bertz CT molecular complexity index is 493. The Labute approximate surface area is 133 Å². The Morgan fingerprint density at radius 1 is 1.38 bits per heavy atom.